The van der Waals surface area contributed by atoms with Crippen molar-refractivity contribution in [3.63, 3.8) is 0 Å². The topological polar surface area (TPSA) is 17.1 Å². The second-order valence-corrected chi connectivity index (χ2v) is 8.72. The summed E-state index contributed by atoms with van der Waals surface area (Å²) in [6, 6.07) is 0. The number of ketones is 1. The molecule has 0 aliphatic heterocycles. The number of carbonyl (C=O) groups is 1. The zero-order valence-electron chi connectivity index (χ0n) is 14.1. The van der Waals surface area contributed by atoms with Gasteiger partial charge in [0.1, 0.15) is 5.78 Å². The number of fused-ring (bicyclic) bond motifs is 3. The van der Waals surface area contributed by atoms with Gasteiger partial charge in [0.2, 0.25) is 0 Å². The number of rotatable bonds is 1. The van der Waals surface area contributed by atoms with Crippen LogP contribution < -0.4 is 0 Å². The minimum Gasteiger partial charge on any atom is -0.300 e. The highest BCUT2D eigenvalue weighted by atomic mass is 16.1. The van der Waals surface area contributed by atoms with E-state index in [4.69, 9.17) is 0 Å². The third kappa shape index (κ3) is 2.15. The largest absolute Gasteiger partial charge is 0.300 e. The molecule has 0 aromatic rings. The molecular formula is C20H30O. The third-order valence-corrected chi connectivity index (χ3v) is 7.13. The Balaban J connectivity index is 1.99. The van der Waals surface area contributed by atoms with Crippen LogP contribution in [0.25, 0.3) is 0 Å². The van der Waals surface area contributed by atoms with Crippen LogP contribution >= 0.6 is 0 Å². The third-order valence-electron chi connectivity index (χ3n) is 7.13. The van der Waals surface area contributed by atoms with E-state index < -0.39 is 0 Å². The number of allylic oxidation sites excluding steroid dienone is 3. The maximum Gasteiger partial charge on any atom is 0.134 e. The van der Waals surface area contributed by atoms with Crippen LogP contribution in [0.2, 0.25) is 0 Å². The quantitative estimate of drug-likeness (QED) is 0.649. The molecule has 2 saturated carbocycles. The van der Waals surface area contributed by atoms with Gasteiger partial charge in [0.05, 0.1) is 0 Å². The van der Waals surface area contributed by atoms with Crippen molar-refractivity contribution >= 4 is 5.78 Å². The van der Waals surface area contributed by atoms with E-state index in [1.807, 2.05) is 6.08 Å². The van der Waals surface area contributed by atoms with E-state index >= 15 is 0 Å². The van der Waals surface area contributed by atoms with Gasteiger partial charge in [-0.3, -0.25) is 4.79 Å². The summed E-state index contributed by atoms with van der Waals surface area (Å²) in [5, 5.41) is 0. The van der Waals surface area contributed by atoms with Gasteiger partial charge in [0.25, 0.3) is 0 Å². The van der Waals surface area contributed by atoms with Crippen LogP contribution in [-0.4, -0.2) is 5.78 Å². The summed E-state index contributed by atoms with van der Waals surface area (Å²) in [4.78, 5) is 12.4. The predicted octanol–water partition coefficient (Wildman–Crippen LogP) is 5.18. The van der Waals surface area contributed by atoms with Crippen molar-refractivity contribution in [3.05, 3.63) is 24.3 Å². The van der Waals surface area contributed by atoms with Crippen molar-refractivity contribution in [2.24, 2.45) is 34.5 Å². The molecule has 3 rings (SSSR count). The van der Waals surface area contributed by atoms with E-state index in [2.05, 4.69) is 40.3 Å². The molecule has 0 aromatic carbocycles. The SMILES string of the molecule is C=CC1=CCC2C(CCC3C(C)(C)CC(=O)CC23C)C1C. The second kappa shape index (κ2) is 4.83. The maximum absolute atomic E-state index is 12.4. The molecule has 5 atom stereocenters. The van der Waals surface area contributed by atoms with Gasteiger partial charge in [-0.15, -0.1) is 0 Å². The van der Waals surface area contributed by atoms with Gasteiger partial charge in [0, 0.05) is 12.8 Å². The van der Waals surface area contributed by atoms with Gasteiger partial charge in [-0.25, -0.2) is 0 Å². The van der Waals surface area contributed by atoms with Crippen molar-refractivity contribution in [1.82, 2.24) is 0 Å². The van der Waals surface area contributed by atoms with Crippen LogP contribution in [0.1, 0.15) is 59.8 Å². The lowest BCUT2D eigenvalue weighted by Crippen LogP contribution is -2.55. The van der Waals surface area contributed by atoms with Crippen LogP contribution in [0, 0.1) is 34.5 Å². The first-order valence-electron chi connectivity index (χ1n) is 8.64. The molecule has 0 bridgehead atoms. The van der Waals surface area contributed by atoms with Crippen molar-refractivity contribution < 1.29 is 4.79 Å². The standard InChI is InChI=1S/C20H30O/c1-6-14-7-9-17-16(13(14)2)8-10-18-19(3,4)11-15(21)12-20(17,18)5/h6-7,13,16-18H,1,8-12H2,2-5H3. The fourth-order valence-corrected chi connectivity index (χ4v) is 6.30. The lowest BCUT2D eigenvalue weighted by molar-refractivity contribution is -0.147. The van der Waals surface area contributed by atoms with Crippen molar-refractivity contribution in [2.75, 3.05) is 0 Å². The van der Waals surface area contributed by atoms with Crippen molar-refractivity contribution in [1.29, 1.82) is 0 Å². The first-order chi connectivity index (χ1) is 9.79. The summed E-state index contributed by atoms with van der Waals surface area (Å²) in [6.45, 7) is 13.4. The summed E-state index contributed by atoms with van der Waals surface area (Å²) >= 11 is 0. The second-order valence-electron chi connectivity index (χ2n) is 8.72. The van der Waals surface area contributed by atoms with Crippen molar-refractivity contribution in [3.8, 4) is 0 Å². The predicted molar refractivity (Wildman–Crippen MR) is 87.9 cm³/mol. The average Bonchev–Trinajstić information content (AvgIpc) is 2.37. The molecule has 21 heavy (non-hydrogen) atoms. The number of carbonyl (C=O) groups excluding carboxylic acids is 1. The van der Waals surface area contributed by atoms with Gasteiger partial charge in [0.15, 0.2) is 0 Å². The molecule has 0 radical (unpaired) electrons. The summed E-state index contributed by atoms with van der Waals surface area (Å²) in [5.74, 6) is 3.23. The highest BCUT2D eigenvalue weighted by Gasteiger charge is 2.57. The lowest BCUT2D eigenvalue weighted by atomic mass is 9.44. The van der Waals surface area contributed by atoms with Gasteiger partial charge in [-0.1, -0.05) is 46.4 Å². The number of Topliss-reactive ketones (excluding diaryl/α,β-unsaturated/α-hetero) is 1. The smallest absolute Gasteiger partial charge is 0.134 e. The molecule has 3 aliphatic carbocycles. The van der Waals surface area contributed by atoms with E-state index in [0.29, 0.717) is 23.5 Å². The summed E-state index contributed by atoms with van der Waals surface area (Å²) < 4.78 is 0. The summed E-state index contributed by atoms with van der Waals surface area (Å²) in [5.41, 5.74) is 1.82. The summed E-state index contributed by atoms with van der Waals surface area (Å²) in [7, 11) is 0. The molecule has 0 aromatic heterocycles. The fraction of sp³-hybridized carbons (Fsp3) is 0.750. The van der Waals surface area contributed by atoms with Crippen LogP contribution in [0.5, 0.6) is 0 Å². The lowest BCUT2D eigenvalue weighted by Gasteiger charge is -2.60. The van der Waals surface area contributed by atoms with Gasteiger partial charge in [-0.05, 0) is 59.3 Å². The monoisotopic (exact) mass is 286 g/mol. The Morgan fingerprint density at radius 3 is 2.62 bits per heavy atom. The van der Waals surface area contributed by atoms with Crippen molar-refractivity contribution in [2.45, 2.75) is 59.8 Å². The normalized spacial score (nSPS) is 45.3. The Morgan fingerprint density at radius 2 is 1.95 bits per heavy atom. The fourth-order valence-electron chi connectivity index (χ4n) is 6.30. The molecule has 0 spiro atoms. The molecule has 116 valence electrons. The number of hydrogen-bond donors (Lipinski definition) is 0. The molecule has 1 heteroatoms. The van der Waals surface area contributed by atoms with E-state index in [-0.39, 0.29) is 10.8 Å². The maximum atomic E-state index is 12.4. The summed E-state index contributed by atoms with van der Waals surface area (Å²) in [6.07, 6.45) is 9.82. The van der Waals surface area contributed by atoms with Crippen LogP contribution in [0.15, 0.2) is 24.3 Å². The molecule has 2 fully saturated rings. The van der Waals surface area contributed by atoms with E-state index in [1.54, 1.807) is 0 Å². The van der Waals surface area contributed by atoms with Crippen LogP contribution in [0.3, 0.4) is 0 Å². The molecule has 5 unspecified atom stereocenters. The molecule has 0 heterocycles. The highest BCUT2D eigenvalue weighted by Crippen LogP contribution is 2.63. The van der Waals surface area contributed by atoms with Crippen LogP contribution in [-0.2, 0) is 4.79 Å². The van der Waals surface area contributed by atoms with Gasteiger partial charge in [-0.2, -0.15) is 0 Å². The van der Waals surface area contributed by atoms with Gasteiger partial charge < -0.3 is 0 Å². The zero-order chi connectivity index (χ0) is 15.4. The van der Waals surface area contributed by atoms with Crippen LogP contribution in [0.4, 0.5) is 0 Å². The van der Waals surface area contributed by atoms with Gasteiger partial charge >= 0.3 is 0 Å². The molecule has 0 N–H and O–H groups in total. The molecule has 0 saturated heterocycles. The molecule has 1 nitrogen and oxygen atoms in total. The first-order valence-corrected chi connectivity index (χ1v) is 8.64. The highest BCUT2D eigenvalue weighted by molar-refractivity contribution is 5.81. The Kier molecular flexibility index (Phi) is 3.46. The first kappa shape index (κ1) is 15.1. The van der Waals surface area contributed by atoms with E-state index in [1.165, 1.54) is 18.4 Å². The van der Waals surface area contributed by atoms with E-state index in [9.17, 15) is 4.79 Å². The zero-order valence-corrected chi connectivity index (χ0v) is 14.1. The average molecular weight is 286 g/mol. The Bertz CT molecular complexity index is 498. The molecular weight excluding hydrogens is 256 g/mol. The molecule has 0 amide bonds. The molecule has 3 aliphatic rings. The Morgan fingerprint density at radius 1 is 1.24 bits per heavy atom. The Hall–Kier alpha value is -0.850. The number of hydrogen-bond acceptors (Lipinski definition) is 1. The minimum atomic E-state index is 0.181. The Labute approximate surface area is 129 Å². The minimum absolute atomic E-state index is 0.181. The van der Waals surface area contributed by atoms with E-state index in [0.717, 1.165) is 25.2 Å².